The first-order chi connectivity index (χ1) is 5.11. The minimum Gasteiger partial charge on any atom is -0.515 e. The van der Waals surface area contributed by atoms with Gasteiger partial charge in [0, 0.05) is 23.9 Å². The summed E-state index contributed by atoms with van der Waals surface area (Å²) in [6.45, 7) is 1.60. The molecule has 0 rings (SSSR count). The molecule has 0 saturated carbocycles. The van der Waals surface area contributed by atoms with Gasteiger partial charge in [-0.1, -0.05) is 0 Å². The highest BCUT2D eigenvalue weighted by molar-refractivity contribution is 6.04. The maximum Gasteiger partial charge on any atom is 0.187 e. The van der Waals surface area contributed by atoms with Gasteiger partial charge in [-0.3, -0.25) is 4.79 Å². The molecule has 0 aliphatic carbocycles. The van der Waals surface area contributed by atoms with Gasteiger partial charge in [-0.15, -0.1) is 0 Å². The van der Waals surface area contributed by atoms with Crippen molar-refractivity contribution in [2.75, 3.05) is 6.54 Å². The molecular formula is C7H12N2O2. The highest BCUT2D eigenvalue weighted by atomic mass is 16.2. The molecule has 0 spiro atoms. The first-order valence-corrected chi connectivity index (χ1v) is 3.13. The molecule has 0 bridgehead atoms. The normalized spacial score (nSPS) is 13.3. The molecule has 11 heavy (non-hydrogen) atoms. The van der Waals surface area contributed by atoms with Gasteiger partial charge >= 0.3 is 0 Å². The van der Waals surface area contributed by atoms with Crippen LogP contribution in [0, 0.1) is 0 Å². The van der Waals surface area contributed by atoms with Crippen molar-refractivity contribution in [1.29, 1.82) is 0 Å². The summed E-state index contributed by atoms with van der Waals surface area (Å²) in [6.07, 6.45) is 1.91. The molecule has 62 valence electrons. The number of carbonyl (C=O) groups is 1. The number of ketones is 1. The van der Waals surface area contributed by atoms with Crippen LogP contribution in [0.1, 0.15) is 6.92 Å². The molecule has 0 amide bonds. The van der Waals surface area contributed by atoms with E-state index in [9.17, 15) is 4.79 Å². The summed E-state index contributed by atoms with van der Waals surface area (Å²) in [5, 5.41) is 8.48. The van der Waals surface area contributed by atoms with Gasteiger partial charge in [0.15, 0.2) is 5.78 Å². The van der Waals surface area contributed by atoms with Crippen molar-refractivity contribution >= 4 is 5.78 Å². The van der Waals surface area contributed by atoms with Gasteiger partial charge in [0.25, 0.3) is 0 Å². The summed E-state index contributed by atoms with van der Waals surface area (Å²) < 4.78 is 0. The van der Waals surface area contributed by atoms with Crippen LogP contribution in [0.2, 0.25) is 0 Å². The van der Waals surface area contributed by atoms with Crippen LogP contribution in [0.4, 0.5) is 0 Å². The zero-order valence-electron chi connectivity index (χ0n) is 6.37. The predicted octanol–water partition coefficient (Wildman–Crippen LogP) is -0.181. The van der Waals surface area contributed by atoms with Crippen LogP contribution < -0.4 is 11.5 Å². The third-order valence-corrected chi connectivity index (χ3v) is 1.05. The topological polar surface area (TPSA) is 89.3 Å². The summed E-state index contributed by atoms with van der Waals surface area (Å²) in [4.78, 5) is 11.0. The van der Waals surface area contributed by atoms with Crippen LogP contribution >= 0.6 is 0 Å². The Labute approximate surface area is 65.2 Å². The molecule has 5 N–H and O–H groups in total. The average molecular weight is 156 g/mol. The Balaban J connectivity index is 4.37. The number of hydrogen-bond acceptors (Lipinski definition) is 4. The molecule has 0 radical (unpaired) electrons. The summed E-state index contributed by atoms with van der Waals surface area (Å²) in [5.74, 6) is -0.352. The Kier molecular flexibility index (Phi) is 3.98. The third kappa shape index (κ3) is 3.42. The van der Waals surface area contributed by atoms with Crippen LogP contribution in [-0.4, -0.2) is 17.4 Å². The maximum atomic E-state index is 11.0. The van der Waals surface area contributed by atoms with Gasteiger partial charge in [0.05, 0.1) is 6.26 Å². The van der Waals surface area contributed by atoms with E-state index in [0.717, 1.165) is 0 Å². The van der Waals surface area contributed by atoms with Gasteiger partial charge in [-0.2, -0.15) is 0 Å². The number of rotatable bonds is 3. The van der Waals surface area contributed by atoms with E-state index in [2.05, 4.69) is 0 Å². The van der Waals surface area contributed by atoms with Crippen LogP contribution in [-0.2, 0) is 4.79 Å². The zero-order valence-corrected chi connectivity index (χ0v) is 6.37. The number of nitrogens with two attached hydrogens (primary N) is 2. The van der Waals surface area contributed by atoms with Crippen molar-refractivity contribution < 1.29 is 9.90 Å². The van der Waals surface area contributed by atoms with Crippen molar-refractivity contribution in [3.8, 4) is 0 Å². The Morgan fingerprint density at radius 1 is 1.64 bits per heavy atom. The molecule has 0 unspecified atom stereocenters. The molecule has 0 aromatic carbocycles. The first-order valence-electron chi connectivity index (χ1n) is 3.13. The fourth-order valence-corrected chi connectivity index (χ4v) is 0.516. The van der Waals surface area contributed by atoms with Crippen LogP contribution in [0.25, 0.3) is 0 Å². The molecule has 0 aromatic rings. The minimum absolute atomic E-state index is 0.0130. The van der Waals surface area contributed by atoms with Crippen molar-refractivity contribution in [3.63, 3.8) is 0 Å². The monoisotopic (exact) mass is 156 g/mol. The lowest BCUT2D eigenvalue weighted by Crippen LogP contribution is -2.12. The van der Waals surface area contributed by atoms with Crippen molar-refractivity contribution in [2.45, 2.75) is 6.92 Å². The van der Waals surface area contributed by atoms with Gasteiger partial charge in [-0.25, -0.2) is 0 Å². The second-order valence-corrected chi connectivity index (χ2v) is 2.11. The highest BCUT2D eigenvalue weighted by Gasteiger charge is 2.03. The number of carbonyl (C=O) groups excluding carboxylic acids is 1. The standard InChI is InChI=1S/C7H12N2O2/c1-5(9)2-7(11)6(3-8)4-10/h2,4,10H,3,8-9H2,1H3/b5-2-,6-4?. The number of aliphatic hydroxyl groups excluding tert-OH is 1. The number of hydrogen-bond donors (Lipinski definition) is 3. The molecule has 4 heteroatoms. The smallest absolute Gasteiger partial charge is 0.187 e. The van der Waals surface area contributed by atoms with E-state index in [1.54, 1.807) is 6.92 Å². The lowest BCUT2D eigenvalue weighted by Gasteiger charge is -1.96. The average Bonchev–Trinajstić information content (AvgIpc) is 1.88. The maximum absolute atomic E-state index is 11.0. The molecular weight excluding hydrogens is 144 g/mol. The van der Waals surface area contributed by atoms with E-state index >= 15 is 0 Å². The lowest BCUT2D eigenvalue weighted by molar-refractivity contribution is -0.111. The van der Waals surface area contributed by atoms with Gasteiger partial charge in [0.2, 0.25) is 0 Å². The molecule has 0 aliphatic rings. The van der Waals surface area contributed by atoms with Gasteiger partial charge in [-0.05, 0) is 6.92 Å². The van der Waals surface area contributed by atoms with E-state index in [0.29, 0.717) is 12.0 Å². The number of aliphatic hydroxyl groups is 1. The third-order valence-electron chi connectivity index (χ3n) is 1.05. The van der Waals surface area contributed by atoms with Gasteiger partial charge in [0.1, 0.15) is 0 Å². The fourth-order valence-electron chi connectivity index (χ4n) is 0.516. The molecule has 4 nitrogen and oxygen atoms in total. The van der Waals surface area contributed by atoms with Crippen molar-refractivity contribution in [1.82, 2.24) is 0 Å². The molecule has 0 aromatic heterocycles. The molecule has 0 heterocycles. The Bertz CT molecular complexity index is 202. The SMILES string of the molecule is C/C(N)=C/C(=O)C(=CO)CN. The Hall–Kier alpha value is -1.29. The van der Waals surface area contributed by atoms with E-state index in [-0.39, 0.29) is 17.9 Å². The quantitative estimate of drug-likeness (QED) is 0.390. The summed E-state index contributed by atoms with van der Waals surface area (Å²) in [6, 6.07) is 0. The molecule has 0 aliphatic heterocycles. The summed E-state index contributed by atoms with van der Waals surface area (Å²) >= 11 is 0. The minimum atomic E-state index is -0.352. The highest BCUT2D eigenvalue weighted by Crippen LogP contribution is 1.95. The van der Waals surface area contributed by atoms with E-state index in [4.69, 9.17) is 16.6 Å². The first kappa shape index (κ1) is 9.71. The largest absolute Gasteiger partial charge is 0.515 e. The molecule has 0 fully saturated rings. The van der Waals surface area contributed by atoms with Crippen LogP contribution in [0.15, 0.2) is 23.6 Å². The van der Waals surface area contributed by atoms with E-state index < -0.39 is 0 Å². The van der Waals surface area contributed by atoms with Crippen LogP contribution in [0.5, 0.6) is 0 Å². The van der Waals surface area contributed by atoms with E-state index in [1.807, 2.05) is 0 Å². The fraction of sp³-hybridized carbons (Fsp3) is 0.286. The zero-order chi connectivity index (χ0) is 8.85. The number of allylic oxidation sites excluding steroid dienone is 2. The second kappa shape index (κ2) is 4.51. The van der Waals surface area contributed by atoms with Crippen molar-refractivity contribution in [3.05, 3.63) is 23.6 Å². The Morgan fingerprint density at radius 3 is 2.45 bits per heavy atom. The molecule has 0 atom stereocenters. The van der Waals surface area contributed by atoms with Gasteiger partial charge < -0.3 is 16.6 Å². The van der Waals surface area contributed by atoms with Crippen LogP contribution in [0.3, 0.4) is 0 Å². The van der Waals surface area contributed by atoms with E-state index in [1.165, 1.54) is 6.08 Å². The lowest BCUT2D eigenvalue weighted by atomic mass is 10.1. The Morgan fingerprint density at radius 2 is 2.18 bits per heavy atom. The molecule has 0 saturated heterocycles. The van der Waals surface area contributed by atoms with Crippen molar-refractivity contribution in [2.24, 2.45) is 11.5 Å². The second-order valence-electron chi connectivity index (χ2n) is 2.11. The summed E-state index contributed by atoms with van der Waals surface area (Å²) in [7, 11) is 0. The summed E-state index contributed by atoms with van der Waals surface area (Å²) in [5.41, 5.74) is 10.9. The predicted molar refractivity (Wildman–Crippen MR) is 42.7 cm³/mol.